The molecule has 0 amide bonds. The highest BCUT2D eigenvalue weighted by atomic mass is 35.5. The predicted molar refractivity (Wildman–Crippen MR) is 101 cm³/mol. The summed E-state index contributed by atoms with van der Waals surface area (Å²) in [4.78, 5) is 15.6. The number of ether oxygens (including phenoxy) is 1. The fourth-order valence-corrected chi connectivity index (χ4v) is 3.08. The van der Waals surface area contributed by atoms with E-state index in [-0.39, 0.29) is 5.69 Å². The second-order valence-electron chi connectivity index (χ2n) is 6.06. The van der Waals surface area contributed by atoms with Crippen molar-refractivity contribution in [1.29, 1.82) is 5.26 Å². The van der Waals surface area contributed by atoms with E-state index in [1.807, 2.05) is 30.7 Å². The Hall–Kier alpha value is -3.17. The minimum absolute atomic E-state index is 0.276. The average Bonchev–Trinajstić information content (AvgIpc) is 2.96. The Morgan fingerprint density at radius 2 is 2.07 bits per heavy atom. The van der Waals surface area contributed by atoms with Gasteiger partial charge in [0.25, 0.3) is 0 Å². The minimum Gasteiger partial charge on any atom is -0.464 e. The third-order valence-corrected chi connectivity index (χ3v) is 4.67. The number of aromatic nitrogens is 3. The first kappa shape index (κ1) is 18.6. The highest BCUT2D eigenvalue weighted by Gasteiger charge is 2.15. The van der Waals surface area contributed by atoms with Crippen LogP contribution in [-0.2, 0) is 11.2 Å². The van der Waals surface area contributed by atoms with Crippen molar-refractivity contribution in [3.8, 4) is 11.8 Å². The lowest BCUT2D eigenvalue weighted by Crippen LogP contribution is -2.04. The number of pyridine rings is 1. The van der Waals surface area contributed by atoms with Gasteiger partial charge in [-0.2, -0.15) is 10.4 Å². The molecule has 0 fully saturated rings. The molecule has 3 rings (SSSR count). The summed E-state index contributed by atoms with van der Waals surface area (Å²) in [6.45, 7) is 3.93. The monoisotopic (exact) mass is 380 g/mol. The quantitative estimate of drug-likeness (QED) is 0.643. The van der Waals surface area contributed by atoms with Gasteiger partial charge in [0.1, 0.15) is 11.8 Å². The molecule has 6 nitrogen and oxygen atoms in total. The van der Waals surface area contributed by atoms with Crippen molar-refractivity contribution in [1.82, 2.24) is 14.8 Å². The summed E-state index contributed by atoms with van der Waals surface area (Å²) in [6.07, 6.45) is 2.30. The maximum absolute atomic E-state index is 11.5. The summed E-state index contributed by atoms with van der Waals surface area (Å²) in [7, 11) is 1.33. The third kappa shape index (κ3) is 3.69. The summed E-state index contributed by atoms with van der Waals surface area (Å²) in [5, 5.41) is 14.0. The maximum Gasteiger partial charge on any atom is 0.356 e. The van der Waals surface area contributed by atoms with Gasteiger partial charge in [0.2, 0.25) is 0 Å². The predicted octanol–water partition coefficient (Wildman–Crippen LogP) is 3.79. The first-order chi connectivity index (χ1) is 12.9. The van der Waals surface area contributed by atoms with Crippen molar-refractivity contribution in [3.63, 3.8) is 0 Å². The van der Waals surface area contributed by atoms with Crippen LogP contribution in [0, 0.1) is 25.2 Å². The van der Waals surface area contributed by atoms with Crippen molar-refractivity contribution in [2.75, 3.05) is 7.11 Å². The molecule has 136 valence electrons. The molecule has 0 atom stereocenters. The van der Waals surface area contributed by atoms with E-state index in [0.29, 0.717) is 17.0 Å². The van der Waals surface area contributed by atoms with Crippen molar-refractivity contribution in [2.24, 2.45) is 0 Å². The van der Waals surface area contributed by atoms with Gasteiger partial charge in [-0.1, -0.05) is 17.7 Å². The minimum atomic E-state index is -0.459. The summed E-state index contributed by atoms with van der Waals surface area (Å²) < 4.78 is 6.48. The number of hydrogen-bond acceptors (Lipinski definition) is 5. The molecule has 0 aliphatic carbocycles. The zero-order valence-corrected chi connectivity index (χ0v) is 15.9. The van der Waals surface area contributed by atoms with Gasteiger partial charge in [0, 0.05) is 23.9 Å². The molecule has 27 heavy (non-hydrogen) atoms. The number of methoxy groups -OCH3 is 1. The van der Waals surface area contributed by atoms with Gasteiger partial charge >= 0.3 is 5.97 Å². The number of carbonyl (C=O) groups excluding carboxylic acids is 1. The highest BCUT2D eigenvalue weighted by molar-refractivity contribution is 6.31. The lowest BCUT2D eigenvalue weighted by Gasteiger charge is -2.07. The van der Waals surface area contributed by atoms with Gasteiger partial charge in [0.15, 0.2) is 0 Å². The zero-order chi connectivity index (χ0) is 19.6. The topological polar surface area (TPSA) is 80.8 Å². The lowest BCUT2D eigenvalue weighted by atomic mass is 10.0. The second kappa shape index (κ2) is 7.60. The molecule has 0 spiro atoms. The molecule has 0 aliphatic rings. The molecular formula is C20H17ClN4O2. The van der Waals surface area contributed by atoms with Crippen LogP contribution in [0.1, 0.15) is 38.6 Å². The van der Waals surface area contributed by atoms with E-state index >= 15 is 0 Å². The third-order valence-electron chi connectivity index (χ3n) is 4.36. The maximum atomic E-state index is 11.5. The molecule has 0 saturated carbocycles. The molecule has 0 aliphatic heterocycles. The van der Waals surface area contributed by atoms with Crippen LogP contribution >= 0.6 is 11.6 Å². The summed E-state index contributed by atoms with van der Waals surface area (Å²) >= 11 is 6.15. The Bertz CT molecular complexity index is 1050. The molecular weight excluding hydrogens is 364 g/mol. The van der Waals surface area contributed by atoms with E-state index in [2.05, 4.69) is 20.9 Å². The Kier molecular flexibility index (Phi) is 5.24. The normalized spacial score (nSPS) is 10.5. The van der Waals surface area contributed by atoms with Crippen molar-refractivity contribution >= 4 is 17.6 Å². The fourth-order valence-electron chi connectivity index (χ4n) is 2.87. The largest absolute Gasteiger partial charge is 0.464 e. The van der Waals surface area contributed by atoms with Gasteiger partial charge in [-0.15, -0.1) is 0 Å². The van der Waals surface area contributed by atoms with Crippen LogP contribution in [0.3, 0.4) is 0 Å². The molecule has 0 bridgehead atoms. The number of halogens is 1. The molecule has 2 heterocycles. The van der Waals surface area contributed by atoms with Crippen molar-refractivity contribution in [2.45, 2.75) is 20.3 Å². The number of rotatable bonds is 4. The van der Waals surface area contributed by atoms with Crippen LogP contribution in [0.2, 0.25) is 5.02 Å². The molecule has 0 N–H and O–H groups in total. The van der Waals surface area contributed by atoms with E-state index in [1.165, 1.54) is 7.11 Å². The van der Waals surface area contributed by atoms with Crippen LogP contribution in [0.4, 0.5) is 0 Å². The Morgan fingerprint density at radius 1 is 1.30 bits per heavy atom. The number of carbonyl (C=O) groups is 1. The first-order valence-electron chi connectivity index (χ1n) is 8.23. The van der Waals surface area contributed by atoms with Gasteiger partial charge in [-0.25, -0.2) is 14.5 Å². The number of aryl methyl sites for hydroxylation is 1. The van der Waals surface area contributed by atoms with Crippen LogP contribution in [0.25, 0.3) is 5.69 Å². The molecule has 0 radical (unpaired) electrons. The number of esters is 1. The highest BCUT2D eigenvalue weighted by Crippen LogP contribution is 2.24. The second-order valence-corrected chi connectivity index (χ2v) is 6.46. The Morgan fingerprint density at radius 3 is 2.67 bits per heavy atom. The number of nitriles is 1. The molecule has 7 heteroatoms. The molecule has 0 saturated heterocycles. The van der Waals surface area contributed by atoms with Gasteiger partial charge in [0.05, 0.1) is 29.1 Å². The molecule has 0 unspecified atom stereocenters. The van der Waals surface area contributed by atoms with E-state index < -0.39 is 5.97 Å². The average molecular weight is 381 g/mol. The van der Waals surface area contributed by atoms with Gasteiger partial charge in [-0.05, 0) is 43.7 Å². The van der Waals surface area contributed by atoms with E-state index in [1.54, 1.807) is 24.4 Å². The molecule has 1 aromatic carbocycles. The number of benzene rings is 1. The summed E-state index contributed by atoms with van der Waals surface area (Å²) in [5.74, 6) is -0.459. The van der Waals surface area contributed by atoms with Gasteiger partial charge in [-0.3, -0.25) is 0 Å². The van der Waals surface area contributed by atoms with Crippen LogP contribution in [0.15, 0.2) is 36.5 Å². The Labute approximate surface area is 162 Å². The fraction of sp³-hybridized carbons (Fsp3) is 0.200. The van der Waals surface area contributed by atoms with Crippen molar-refractivity contribution < 1.29 is 9.53 Å². The summed E-state index contributed by atoms with van der Waals surface area (Å²) in [6, 6.07) is 10.8. The first-order valence-corrected chi connectivity index (χ1v) is 8.60. The molecule has 3 aromatic rings. The Balaban J connectivity index is 1.91. The molecule has 2 aromatic heterocycles. The lowest BCUT2D eigenvalue weighted by molar-refractivity contribution is 0.0594. The van der Waals surface area contributed by atoms with E-state index in [9.17, 15) is 4.79 Å². The SMILES string of the molecule is COC(=O)c1ccc(Cc2c(C)nn(-c3ccc(C#N)c(Cl)c3)c2C)cn1. The van der Waals surface area contributed by atoms with Crippen LogP contribution < -0.4 is 0 Å². The number of hydrogen-bond donors (Lipinski definition) is 0. The smallest absolute Gasteiger partial charge is 0.356 e. The number of nitrogens with zero attached hydrogens (tertiary/aromatic N) is 4. The van der Waals surface area contributed by atoms with Crippen LogP contribution in [-0.4, -0.2) is 27.8 Å². The summed E-state index contributed by atoms with van der Waals surface area (Å²) in [5.41, 5.74) is 5.41. The van der Waals surface area contributed by atoms with Crippen LogP contribution in [0.5, 0.6) is 0 Å². The van der Waals surface area contributed by atoms with Gasteiger partial charge < -0.3 is 4.74 Å². The van der Waals surface area contributed by atoms with E-state index in [0.717, 1.165) is 28.2 Å². The van der Waals surface area contributed by atoms with E-state index in [4.69, 9.17) is 16.9 Å². The van der Waals surface area contributed by atoms with Crippen molar-refractivity contribution in [3.05, 3.63) is 75.3 Å². The standard InChI is InChI=1S/C20H17ClN4O2/c1-12-17(8-14-4-7-19(23-11-14)20(26)27-3)13(2)25(24-12)16-6-5-15(10-22)18(21)9-16/h4-7,9,11H,8H2,1-3H3. The zero-order valence-electron chi connectivity index (χ0n) is 15.2.